The zero-order valence-corrected chi connectivity index (χ0v) is 11.3. The van der Waals surface area contributed by atoms with Gasteiger partial charge in [-0.1, -0.05) is 52.3 Å². The van der Waals surface area contributed by atoms with Gasteiger partial charge in [0.2, 0.25) is 0 Å². The molecule has 0 spiro atoms. The van der Waals surface area contributed by atoms with E-state index < -0.39 is 6.10 Å². The van der Waals surface area contributed by atoms with Crippen LogP contribution in [0.4, 0.5) is 0 Å². The van der Waals surface area contributed by atoms with Crippen molar-refractivity contribution < 1.29 is 9.84 Å². The summed E-state index contributed by atoms with van der Waals surface area (Å²) in [6.07, 6.45) is 0.0496. The molecule has 18 heavy (non-hydrogen) atoms. The summed E-state index contributed by atoms with van der Waals surface area (Å²) in [6, 6.07) is 15.8. The van der Waals surface area contributed by atoms with E-state index in [1.165, 1.54) is 0 Å². The number of hydrogen-bond donors (Lipinski definition) is 1. The van der Waals surface area contributed by atoms with Crippen LogP contribution < -0.4 is 4.74 Å². The van der Waals surface area contributed by atoms with Crippen LogP contribution in [0.25, 0.3) is 0 Å². The molecule has 2 aromatic rings. The maximum absolute atomic E-state index is 10.2. The number of ether oxygens (including phenoxy) is 1. The number of aliphatic hydroxyl groups is 1. The zero-order valence-electron chi connectivity index (χ0n) is 9.71. The van der Waals surface area contributed by atoms with Crippen molar-refractivity contribution in [3.8, 4) is 5.75 Å². The largest absolute Gasteiger partial charge is 0.485 e. The number of hydrogen-bond acceptors (Lipinski definition) is 2. The van der Waals surface area contributed by atoms with Crippen molar-refractivity contribution in [1.29, 1.82) is 0 Å². The van der Waals surface area contributed by atoms with Gasteiger partial charge in [0.25, 0.3) is 0 Å². The maximum atomic E-state index is 10.2. The minimum atomic E-state index is -0.466. The lowest BCUT2D eigenvalue weighted by Gasteiger charge is -2.30. The second-order valence-corrected chi connectivity index (χ2v) is 5.37. The van der Waals surface area contributed by atoms with E-state index in [9.17, 15) is 5.11 Å². The van der Waals surface area contributed by atoms with Gasteiger partial charge >= 0.3 is 0 Å². The van der Waals surface area contributed by atoms with Crippen molar-refractivity contribution in [2.24, 2.45) is 0 Å². The zero-order chi connectivity index (χ0) is 12.5. The Labute approximate surface area is 114 Å². The maximum Gasteiger partial charge on any atom is 0.127 e. The number of rotatable bonds is 1. The van der Waals surface area contributed by atoms with E-state index in [0.29, 0.717) is 6.42 Å². The fraction of sp³-hybridized carbons (Fsp3) is 0.200. The Hall–Kier alpha value is -1.32. The van der Waals surface area contributed by atoms with Gasteiger partial charge in [-0.2, -0.15) is 0 Å². The van der Waals surface area contributed by atoms with Crippen molar-refractivity contribution in [2.75, 3.05) is 0 Å². The first-order chi connectivity index (χ1) is 8.74. The van der Waals surface area contributed by atoms with E-state index in [4.69, 9.17) is 4.74 Å². The molecule has 0 aliphatic carbocycles. The number of benzene rings is 2. The first-order valence-corrected chi connectivity index (χ1v) is 6.72. The molecule has 0 fully saturated rings. The van der Waals surface area contributed by atoms with Gasteiger partial charge in [-0.25, -0.2) is 0 Å². The molecule has 0 saturated heterocycles. The van der Waals surface area contributed by atoms with E-state index in [-0.39, 0.29) is 6.10 Å². The van der Waals surface area contributed by atoms with Gasteiger partial charge in [0.1, 0.15) is 11.9 Å². The smallest absolute Gasteiger partial charge is 0.127 e. The molecule has 0 radical (unpaired) electrons. The average Bonchev–Trinajstić information content (AvgIpc) is 2.39. The monoisotopic (exact) mass is 304 g/mol. The van der Waals surface area contributed by atoms with Crippen molar-refractivity contribution in [2.45, 2.75) is 18.6 Å². The Bertz CT molecular complexity index is 554. The van der Waals surface area contributed by atoms with Gasteiger partial charge in [-0.15, -0.1) is 0 Å². The van der Waals surface area contributed by atoms with Gasteiger partial charge in [-0.3, -0.25) is 0 Å². The third-order valence-corrected chi connectivity index (χ3v) is 3.71. The van der Waals surface area contributed by atoms with E-state index in [1.54, 1.807) is 0 Å². The van der Waals surface area contributed by atoms with Crippen LogP contribution in [0.3, 0.4) is 0 Å². The molecule has 2 nitrogen and oxygen atoms in total. The molecule has 0 unspecified atom stereocenters. The molecule has 0 saturated carbocycles. The Morgan fingerprint density at radius 2 is 1.89 bits per heavy atom. The predicted molar refractivity (Wildman–Crippen MR) is 73.5 cm³/mol. The second-order valence-electron chi connectivity index (χ2n) is 4.45. The summed E-state index contributed by atoms with van der Waals surface area (Å²) in [5.74, 6) is 0.761. The van der Waals surface area contributed by atoms with E-state index >= 15 is 0 Å². The highest BCUT2D eigenvalue weighted by Crippen LogP contribution is 2.41. The molecular weight excluding hydrogens is 292 g/mol. The Morgan fingerprint density at radius 3 is 2.67 bits per heavy atom. The lowest BCUT2D eigenvalue weighted by molar-refractivity contribution is 0.0657. The molecular formula is C15H13BrO2. The van der Waals surface area contributed by atoms with Crippen LogP contribution >= 0.6 is 15.9 Å². The molecule has 3 heteroatoms. The first kappa shape index (κ1) is 11.8. The highest BCUT2D eigenvalue weighted by Gasteiger charge is 2.27. The highest BCUT2D eigenvalue weighted by atomic mass is 79.9. The molecule has 3 rings (SSSR count). The van der Waals surface area contributed by atoms with Crippen LogP contribution in [0.5, 0.6) is 5.75 Å². The number of aliphatic hydroxyl groups excluding tert-OH is 1. The molecule has 2 atom stereocenters. The van der Waals surface area contributed by atoms with Crippen LogP contribution in [0, 0.1) is 0 Å². The quantitative estimate of drug-likeness (QED) is 0.862. The van der Waals surface area contributed by atoms with Crippen LogP contribution in [0.15, 0.2) is 53.0 Å². The SMILES string of the molecule is O[C@H]1C[C@@H](c2ccccc2)Oc2cc(Br)ccc21. The van der Waals surface area contributed by atoms with E-state index in [1.807, 2.05) is 48.5 Å². The Balaban J connectivity index is 1.96. The minimum Gasteiger partial charge on any atom is -0.485 e. The number of halogens is 1. The Morgan fingerprint density at radius 1 is 1.11 bits per heavy atom. The summed E-state index contributed by atoms with van der Waals surface area (Å²) in [4.78, 5) is 0. The summed E-state index contributed by atoms with van der Waals surface area (Å²) in [6.45, 7) is 0. The molecule has 0 amide bonds. The van der Waals surface area contributed by atoms with Crippen molar-refractivity contribution >= 4 is 15.9 Å². The van der Waals surface area contributed by atoms with Crippen molar-refractivity contribution in [1.82, 2.24) is 0 Å². The lowest BCUT2D eigenvalue weighted by Crippen LogP contribution is -2.18. The third kappa shape index (κ3) is 2.16. The highest BCUT2D eigenvalue weighted by molar-refractivity contribution is 9.10. The normalized spacial score (nSPS) is 22.1. The van der Waals surface area contributed by atoms with Gasteiger partial charge in [0, 0.05) is 16.5 Å². The summed E-state index contributed by atoms with van der Waals surface area (Å²) in [7, 11) is 0. The second kappa shape index (κ2) is 4.75. The summed E-state index contributed by atoms with van der Waals surface area (Å²) in [5, 5.41) is 10.2. The van der Waals surface area contributed by atoms with Crippen LogP contribution in [0.1, 0.15) is 29.8 Å². The topological polar surface area (TPSA) is 29.5 Å². The summed E-state index contributed by atoms with van der Waals surface area (Å²) >= 11 is 3.42. The van der Waals surface area contributed by atoms with Gasteiger partial charge in [0.05, 0.1) is 6.10 Å². The molecule has 0 aromatic heterocycles. The van der Waals surface area contributed by atoms with Gasteiger partial charge < -0.3 is 9.84 Å². The van der Waals surface area contributed by atoms with Crippen molar-refractivity contribution in [3.63, 3.8) is 0 Å². The Kier molecular flexibility index (Phi) is 3.10. The molecule has 1 heterocycles. The lowest BCUT2D eigenvalue weighted by atomic mass is 9.95. The summed E-state index contributed by atoms with van der Waals surface area (Å²) in [5.41, 5.74) is 1.97. The average molecular weight is 305 g/mol. The van der Waals surface area contributed by atoms with Gasteiger partial charge in [0.15, 0.2) is 0 Å². The van der Waals surface area contributed by atoms with Crippen LogP contribution in [-0.2, 0) is 0 Å². The first-order valence-electron chi connectivity index (χ1n) is 5.93. The predicted octanol–water partition coefficient (Wildman–Crippen LogP) is 4.01. The van der Waals surface area contributed by atoms with Crippen LogP contribution in [-0.4, -0.2) is 5.11 Å². The molecule has 1 N–H and O–H groups in total. The molecule has 2 aromatic carbocycles. The fourth-order valence-corrected chi connectivity index (χ4v) is 2.63. The molecule has 0 bridgehead atoms. The standard InChI is InChI=1S/C15H13BrO2/c16-11-6-7-12-13(17)9-14(18-15(12)8-11)10-4-2-1-3-5-10/h1-8,13-14,17H,9H2/t13-,14-/m0/s1. The third-order valence-electron chi connectivity index (χ3n) is 3.21. The minimum absolute atomic E-state index is 0.0806. The molecule has 92 valence electrons. The number of fused-ring (bicyclic) bond motifs is 1. The molecule has 1 aliphatic rings. The van der Waals surface area contributed by atoms with E-state index in [2.05, 4.69) is 15.9 Å². The molecule has 1 aliphatic heterocycles. The van der Waals surface area contributed by atoms with Gasteiger partial charge in [-0.05, 0) is 17.7 Å². The summed E-state index contributed by atoms with van der Waals surface area (Å²) < 4.78 is 6.94. The van der Waals surface area contributed by atoms with Crippen molar-refractivity contribution in [3.05, 3.63) is 64.1 Å². The fourth-order valence-electron chi connectivity index (χ4n) is 2.29. The van der Waals surface area contributed by atoms with Crippen LogP contribution in [0.2, 0.25) is 0 Å². The van der Waals surface area contributed by atoms with E-state index in [0.717, 1.165) is 21.3 Å².